The fourth-order valence-corrected chi connectivity index (χ4v) is 5.41. The molecule has 0 aliphatic carbocycles. The predicted octanol–water partition coefficient (Wildman–Crippen LogP) is 4.79. The molecular formula is C27H31ClN6O. The second-order valence-corrected chi connectivity index (χ2v) is 10.1. The molecule has 0 bridgehead atoms. The van der Waals surface area contributed by atoms with Crippen molar-refractivity contribution in [2.24, 2.45) is 12.0 Å². The van der Waals surface area contributed by atoms with Gasteiger partial charge < -0.3 is 15.1 Å². The number of halogens is 1. The van der Waals surface area contributed by atoms with Crippen molar-refractivity contribution in [2.45, 2.75) is 38.8 Å². The zero-order chi connectivity index (χ0) is 24.7. The van der Waals surface area contributed by atoms with E-state index in [1.807, 2.05) is 61.4 Å². The summed E-state index contributed by atoms with van der Waals surface area (Å²) in [7, 11) is 3.80. The van der Waals surface area contributed by atoms with Crippen molar-refractivity contribution >= 4 is 35.2 Å². The molecule has 7 nitrogen and oxygen atoms in total. The molecule has 1 fully saturated rings. The number of benzene rings is 2. The summed E-state index contributed by atoms with van der Waals surface area (Å²) in [5.41, 5.74) is 6.73. The summed E-state index contributed by atoms with van der Waals surface area (Å²) >= 11 is 6.42. The summed E-state index contributed by atoms with van der Waals surface area (Å²) in [6.45, 7) is 5.75. The largest absolute Gasteiger partial charge is 0.342 e. The summed E-state index contributed by atoms with van der Waals surface area (Å²) < 4.78 is 1.79. The lowest BCUT2D eigenvalue weighted by Crippen LogP contribution is -2.46. The van der Waals surface area contributed by atoms with Crippen molar-refractivity contribution in [2.75, 3.05) is 25.0 Å². The minimum Gasteiger partial charge on any atom is -0.342 e. The lowest BCUT2D eigenvalue weighted by atomic mass is 9.92. The Bertz CT molecular complexity index is 1270. The third kappa shape index (κ3) is 4.70. The van der Waals surface area contributed by atoms with Crippen LogP contribution < -0.4 is 10.2 Å². The highest BCUT2D eigenvalue weighted by atomic mass is 35.5. The number of carbonyl (C=O) groups is 1. The Balaban J connectivity index is 1.60. The number of fused-ring (bicyclic) bond motifs is 1. The third-order valence-electron chi connectivity index (χ3n) is 6.88. The van der Waals surface area contributed by atoms with Gasteiger partial charge >= 0.3 is 0 Å². The second-order valence-electron chi connectivity index (χ2n) is 9.68. The topological polar surface area (TPSA) is 65.8 Å². The molecule has 0 spiro atoms. The molecule has 1 amide bonds. The summed E-state index contributed by atoms with van der Waals surface area (Å²) in [6.07, 6.45) is 7.84. The van der Waals surface area contributed by atoms with Crippen LogP contribution in [0, 0.1) is 13.8 Å². The van der Waals surface area contributed by atoms with Crippen LogP contribution in [0.2, 0.25) is 5.02 Å². The number of rotatable bonds is 5. The summed E-state index contributed by atoms with van der Waals surface area (Å²) in [6, 6.07) is 9.78. The van der Waals surface area contributed by atoms with Crippen molar-refractivity contribution < 1.29 is 4.79 Å². The van der Waals surface area contributed by atoms with Crippen LogP contribution in [0.25, 0.3) is 11.1 Å². The Hall–Kier alpha value is -3.16. The Kier molecular flexibility index (Phi) is 6.38. The number of hydrogen-bond acceptors (Lipinski definition) is 5. The maximum Gasteiger partial charge on any atom is 0.250 e. The van der Waals surface area contributed by atoms with Gasteiger partial charge in [0, 0.05) is 54.7 Å². The first kappa shape index (κ1) is 23.6. The maximum atomic E-state index is 14.1. The zero-order valence-electron chi connectivity index (χ0n) is 20.6. The third-order valence-corrected chi connectivity index (χ3v) is 7.09. The van der Waals surface area contributed by atoms with Gasteiger partial charge in [-0.3, -0.25) is 9.48 Å². The van der Waals surface area contributed by atoms with E-state index in [0.29, 0.717) is 17.6 Å². The first-order valence-electron chi connectivity index (χ1n) is 12.0. The fraction of sp³-hybridized carbons (Fsp3) is 0.370. The molecule has 3 heterocycles. The summed E-state index contributed by atoms with van der Waals surface area (Å²) in [4.78, 5) is 22.6. The van der Waals surface area contributed by atoms with E-state index in [4.69, 9.17) is 16.6 Å². The van der Waals surface area contributed by atoms with Crippen molar-refractivity contribution in [1.82, 2.24) is 20.0 Å². The van der Waals surface area contributed by atoms with Crippen LogP contribution in [-0.2, 0) is 11.8 Å². The van der Waals surface area contributed by atoms with E-state index in [0.717, 1.165) is 58.6 Å². The molecule has 2 aliphatic rings. The molecule has 1 saturated heterocycles. The molecule has 35 heavy (non-hydrogen) atoms. The lowest BCUT2D eigenvalue weighted by Gasteiger charge is -2.36. The van der Waals surface area contributed by atoms with E-state index in [9.17, 15) is 4.79 Å². The zero-order valence-corrected chi connectivity index (χ0v) is 21.4. The maximum absolute atomic E-state index is 14.1. The van der Waals surface area contributed by atoms with E-state index in [1.165, 1.54) is 0 Å². The van der Waals surface area contributed by atoms with E-state index < -0.39 is 6.04 Å². The van der Waals surface area contributed by atoms with Gasteiger partial charge in [0.05, 0.1) is 18.2 Å². The van der Waals surface area contributed by atoms with E-state index in [1.54, 1.807) is 11.0 Å². The van der Waals surface area contributed by atoms with Gasteiger partial charge in [-0.1, -0.05) is 11.6 Å². The molecule has 0 radical (unpaired) electrons. The molecule has 1 N–H and O–H groups in total. The SMILES string of the molecule is Cc1cc(Cl)cc(N2C=Nc3cc(C)c(-c4cnn(C)c4)cc3C2C(=O)N(C)C[C@@H]2CCCN2)c1. The molecule has 0 saturated carbocycles. The number of nitrogens with one attached hydrogen (secondary N) is 1. The monoisotopic (exact) mass is 490 g/mol. The van der Waals surface area contributed by atoms with Crippen LogP contribution >= 0.6 is 11.6 Å². The average Bonchev–Trinajstić information content (AvgIpc) is 3.48. The van der Waals surface area contributed by atoms with Gasteiger partial charge in [0.25, 0.3) is 0 Å². The molecule has 3 aromatic rings. The van der Waals surface area contributed by atoms with Crippen LogP contribution in [-0.4, -0.2) is 53.1 Å². The number of hydrogen-bond donors (Lipinski definition) is 1. The fourth-order valence-electron chi connectivity index (χ4n) is 5.13. The van der Waals surface area contributed by atoms with Crippen LogP contribution in [0.4, 0.5) is 11.4 Å². The highest BCUT2D eigenvalue weighted by molar-refractivity contribution is 6.31. The Labute approximate surface area is 211 Å². The molecule has 5 rings (SSSR count). The molecule has 1 unspecified atom stereocenters. The Morgan fingerprint density at radius 3 is 2.74 bits per heavy atom. The first-order chi connectivity index (χ1) is 16.8. The van der Waals surface area contributed by atoms with Crippen LogP contribution in [0.1, 0.15) is 35.6 Å². The molecule has 8 heteroatoms. The van der Waals surface area contributed by atoms with Crippen LogP contribution in [0.5, 0.6) is 0 Å². The highest BCUT2D eigenvalue weighted by Crippen LogP contribution is 2.41. The number of likely N-dealkylation sites (N-methyl/N-ethyl adjacent to an activating group) is 1. The number of anilines is 1. The van der Waals surface area contributed by atoms with Crippen molar-refractivity contribution in [3.63, 3.8) is 0 Å². The van der Waals surface area contributed by atoms with Gasteiger partial charge in [0.2, 0.25) is 5.91 Å². The smallest absolute Gasteiger partial charge is 0.250 e. The quantitative estimate of drug-likeness (QED) is 0.558. The molecular weight excluding hydrogens is 460 g/mol. The average molecular weight is 491 g/mol. The first-order valence-corrected chi connectivity index (χ1v) is 12.4. The number of nitrogens with zero attached hydrogens (tertiary/aromatic N) is 5. The van der Waals surface area contributed by atoms with Gasteiger partial charge in [-0.05, 0) is 80.3 Å². The minimum atomic E-state index is -0.553. The Morgan fingerprint density at radius 1 is 1.23 bits per heavy atom. The van der Waals surface area contributed by atoms with E-state index >= 15 is 0 Å². The predicted molar refractivity (Wildman–Crippen MR) is 142 cm³/mol. The number of amides is 1. The minimum absolute atomic E-state index is 0.0321. The highest BCUT2D eigenvalue weighted by Gasteiger charge is 2.35. The standard InChI is InChI=1S/C27H31ClN6O/c1-17-8-20(28)11-22(9-17)34-16-30-25-10-18(2)23(19-13-31-33(4)14-19)12-24(25)26(34)27(35)32(3)15-21-6-5-7-29-21/h8-14,16,21,26,29H,5-7,15H2,1-4H3/t21-,26?/m0/s1. The summed E-state index contributed by atoms with van der Waals surface area (Å²) in [5.74, 6) is 0.0321. The van der Waals surface area contributed by atoms with Gasteiger partial charge in [0.15, 0.2) is 0 Å². The molecule has 2 atom stereocenters. The van der Waals surface area contributed by atoms with Crippen molar-refractivity contribution in [3.05, 3.63) is 64.4 Å². The van der Waals surface area contributed by atoms with Crippen LogP contribution in [0.15, 0.2) is 47.7 Å². The van der Waals surface area contributed by atoms with Gasteiger partial charge in [0.1, 0.15) is 6.04 Å². The number of aryl methyl sites for hydroxylation is 3. The van der Waals surface area contributed by atoms with Crippen molar-refractivity contribution in [3.8, 4) is 11.1 Å². The normalized spacial score (nSPS) is 19.2. The van der Waals surface area contributed by atoms with Crippen molar-refractivity contribution in [1.29, 1.82) is 0 Å². The number of aliphatic imine (C=N–C) groups is 1. The molecule has 1 aromatic heterocycles. The molecule has 182 valence electrons. The van der Waals surface area contributed by atoms with E-state index in [-0.39, 0.29) is 5.91 Å². The van der Waals surface area contributed by atoms with Gasteiger partial charge in [-0.15, -0.1) is 0 Å². The number of carbonyl (C=O) groups excluding carboxylic acids is 1. The number of aromatic nitrogens is 2. The van der Waals surface area contributed by atoms with E-state index in [2.05, 4.69) is 29.5 Å². The lowest BCUT2D eigenvalue weighted by molar-refractivity contribution is -0.131. The van der Waals surface area contributed by atoms with Crippen LogP contribution in [0.3, 0.4) is 0 Å². The van der Waals surface area contributed by atoms with Gasteiger partial charge in [-0.25, -0.2) is 4.99 Å². The molecule has 2 aromatic carbocycles. The Morgan fingerprint density at radius 2 is 2.06 bits per heavy atom. The molecule has 2 aliphatic heterocycles. The second kappa shape index (κ2) is 9.47. The van der Waals surface area contributed by atoms with Gasteiger partial charge in [-0.2, -0.15) is 5.10 Å². The summed E-state index contributed by atoms with van der Waals surface area (Å²) in [5, 5.41) is 8.48.